The van der Waals surface area contributed by atoms with Crippen LogP contribution in [0.4, 0.5) is 10.1 Å². The third-order valence-electron chi connectivity index (χ3n) is 3.39. The molecule has 1 N–H and O–H groups in total. The Morgan fingerprint density at radius 1 is 1.35 bits per heavy atom. The highest BCUT2D eigenvalue weighted by molar-refractivity contribution is 9.10. The summed E-state index contributed by atoms with van der Waals surface area (Å²) in [6, 6.07) is 2.06. The molecule has 0 amide bonds. The molecule has 110 valence electrons. The predicted octanol–water partition coefficient (Wildman–Crippen LogP) is 3.57. The fourth-order valence-electron chi connectivity index (χ4n) is 2.31. The third-order valence-corrected chi connectivity index (χ3v) is 4.00. The van der Waals surface area contributed by atoms with Gasteiger partial charge in [-0.05, 0) is 35.2 Å². The molecule has 2 unspecified atom stereocenters. The third kappa shape index (κ3) is 3.46. The van der Waals surface area contributed by atoms with E-state index in [1.807, 2.05) is 0 Å². The molecule has 0 bridgehead atoms. The van der Waals surface area contributed by atoms with Crippen molar-refractivity contribution in [2.75, 3.05) is 0 Å². The van der Waals surface area contributed by atoms with E-state index in [9.17, 15) is 19.6 Å². The lowest BCUT2D eigenvalue weighted by atomic mass is 10.1. The van der Waals surface area contributed by atoms with Crippen LogP contribution < -0.4 is 4.74 Å². The zero-order valence-corrected chi connectivity index (χ0v) is 12.3. The van der Waals surface area contributed by atoms with Crippen LogP contribution in [0.15, 0.2) is 16.6 Å². The largest absolute Gasteiger partial charge is 0.481 e. The van der Waals surface area contributed by atoms with Gasteiger partial charge in [-0.2, -0.15) is 0 Å². The van der Waals surface area contributed by atoms with E-state index in [0.717, 1.165) is 31.4 Å². The van der Waals surface area contributed by atoms with E-state index in [4.69, 9.17) is 4.74 Å². The van der Waals surface area contributed by atoms with Crippen LogP contribution >= 0.6 is 15.9 Å². The number of nitro groups is 1. The summed E-state index contributed by atoms with van der Waals surface area (Å²) in [5.41, 5.74) is -0.310. The molecule has 0 saturated heterocycles. The van der Waals surface area contributed by atoms with E-state index in [2.05, 4.69) is 15.9 Å². The van der Waals surface area contributed by atoms with Crippen LogP contribution in [0, 0.1) is 15.9 Å². The summed E-state index contributed by atoms with van der Waals surface area (Å²) in [6.45, 7) is 0. The molecule has 0 aromatic heterocycles. The van der Waals surface area contributed by atoms with Crippen LogP contribution in [0.3, 0.4) is 0 Å². The monoisotopic (exact) mass is 347 g/mol. The Hall–Kier alpha value is -1.21. The first-order chi connectivity index (χ1) is 9.49. The summed E-state index contributed by atoms with van der Waals surface area (Å²) < 4.78 is 19.1. The van der Waals surface area contributed by atoms with Crippen LogP contribution in [0.2, 0.25) is 0 Å². The van der Waals surface area contributed by atoms with Crippen LogP contribution in [-0.2, 0) is 0 Å². The zero-order chi connectivity index (χ0) is 14.7. The minimum absolute atomic E-state index is 0.0120. The Balaban J connectivity index is 2.27. The Morgan fingerprint density at radius 3 is 2.75 bits per heavy atom. The molecule has 2 atom stereocenters. The normalized spacial score (nSPS) is 23.1. The second-order valence-corrected chi connectivity index (χ2v) is 5.71. The molecule has 1 fully saturated rings. The highest BCUT2D eigenvalue weighted by atomic mass is 79.9. The molecule has 1 aliphatic carbocycles. The smallest absolute Gasteiger partial charge is 0.312 e. The van der Waals surface area contributed by atoms with Crippen molar-refractivity contribution < 1.29 is 19.2 Å². The van der Waals surface area contributed by atoms with Gasteiger partial charge in [0.15, 0.2) is 5.75 Å². The Labute approximate surface area is 124 Å². The lowest BCUT2D eigenvalue weighted by Gasteiger charge is -2.21. The maximum Gasteiger partial charge on any atom is 0.312 e. The van der Waals surface area contributed by atoms with Crippen molar-refractivity contribution in [1.82, 2.24) is 0 Å². The van der Waals surface area contributed by atoms with Gasteiger partial charge in [-0.15, -0.1) is 0 Å². The Morgan fingerprint density at radius 2 is 2.05 bits per heavy atom. The van der Waals surface area contributed by atoms with Gasteiger partial charge in [0.1, 0.15) is 11.9 Å². The number of hydrogen-bond acceptors (Lipinski definition) is 4. The van der Waals surface area contributed by atoms with Gasteiger partial charge in [-0.25, -0.2) is 4.39 Å². The SMILES string of the molecule is O=[N+]([O-])c1cc(Br)c(F)cc1OC1CCCCCC1O. The summed E-state index contributed by atoms with van der Waals surface area (Å²) >= 11 is 2.91. The van der Waals surface area contributed by atoms with Crippen molar-refractivity contribution in [2.45, 2.75) is 44.3 Å². The first-order valence-corrected chi connectivity index (χ1v) is 7.26. The van der Waals surface area contributed by atoms with E-state index < -0.39 is 22.9 Å². The second-order valence-electron chi connectivity index (χ2n) is 4.85. The number of halogens is 2. The maximum atomic E-state index is 13.5. The highest BCUT2D eigenvalue weighted by Crippen LogP contribution is 2.34. The van der Waals surface area contributed by atoms with Crippen molar-refractivity contribution >= 4 is 21.6 Å². The summed E-state index contributed by atoms with van der Waals surface area (Å²) in [5, 5.41) is 21.0. The van der Waals surface area contributed by atoms with Gasteiger partial charge >= 0.3 is 5.69 Å². The van der Waals surface area contributed by atoms with Crippen molar-refractivity contribution in [3.8, 4) is 5.75 Å². The molecule has 1 aromatic carbocycles. The molecular formula is C13H15BrFNO4. The number of benzene rings is 1. The summed E-state index contributed by atoms with van der Waals surface area (Å²) in [7, 11) is 0. The Bertz CT molecular complexity index is 511. The first-order valence-electron chi connectivity index (χ1n) is 6.47. The molecule has 1 aliphatic rings. The number of hydrogen-bond donors (Lipinski definition) is 1. The van der Waals surface area contributed by atoms with Crippen LogP contribution in [0.5, 0.6) is 5.75 Å². The molecule has 2 rings (SSSR count). The van der Waals surface area contributed by atoms with Gasteiger partial charge in [-0.1, -0.05) is 12.8 Å². The van der Waals surface area contributed by atoms with Gasteiger partial charge < -0.3 is 9.84 Å². The van der Waals surface area contributed by atoms with Gasteiger partial charge in [0.25, 0.3) is 0 Å². The molecule has 0 heterocycles. The molecule has 20 heavy (non-hydrogen) atoms. The molecule has 1 saturated carbocycles. The fraction of sp³-hybridized carbons (Fsp3) is 0.538. The van der Waals surface area contributed by atoms with E-state index in [1.165, 1.54) is 0 Å². The summed E-state index contributed by atoms with van der Waals surface area (Å²) in [5.74, 6) is -0.768. The summed E-state index contributed by atoms with van der Waals surface area (Å²) in [6.07, 6.45) is 2.77. The van der Waals surface area contributed by atoms with Gasteiger partial charge in [0, 0.05) is 12.1 Å². The summed E-state index contributed by atoms with van der Waals surface area (Å²) in [4.78, 5) is 10.4. The maximum absolute atomic E-state index is 13.5. The average molecular weight is 348 g/mol. The highest BCUT2D eigenvalue weighted by Gasteiger charge is 2.27. The predicted molar refractivity (Wildman–Crippen MR) is 74.3 cm³/mol. The zero-order valence-electron chi connectivity index (χ0n) is 10.7. The standard InChI is InChI=1S/C13H15BrFNO4/c14-8-6-10(16(18)19)13(7-9(8)15)20-12-5-3-1-2-4-11(12)17/h6-7,11-12,17H,1-5H2. The van der Waals surface area contributed by atoms with Gasteiger partial charge in [-0.3, -0.25) is 10.1 Å². The number of ether oxygens (including phenoxy) is 1. The fourth-order valence-corrected chi connectivity index (χ4v) is 2.64. The lowest BCUT2D eigenvalue weighted by Crippen LogP contribution is -2.30. The van der Waals surface area contributed by atoms with Crippen molar-refractivity contribution in [3.63, 3.8) is 0 Å². The number of nitro benzene ring substituents is 1. The first kappa shape index (κ1) is 15.2. The van der Waals surface area contributed by atoms with Crippen LogP contribution in [-0.4, -0.2) is 22.2 Å². The number of nitrogens with zero attached hydrogens (tertiary/aromatic N) is 1. The van der Waals surface area contributed by atoms with Crippen LogP contribution in [0.1, 0.15) is 32.1 Å². The minimum Gasteiger partial charge on any atom is -0.481 e. The van der Waals surface area contributed by atoms with E-state index >= 15 is 0 Å². The van der Waals surface area contributed by atoms with Gasteiger partial charge in [0.2, 0.25) is 0 Å². The second kappa shape index (κ2) is 6.49. The number of aliphatic hydroxyl groups excluding tert-OH is 1. The quantitative estimate of drug-likeness (QED) is 0.515. The molecule has 1 aromatic rings. The van der Waals surface area contributed by atoms with Crippen molar-refractivity contribution in [2.24, 2.45) is 0 Å². The number of rotatable bonds is 3. The van der Waals surface area contributed by atoms with Crippen molar-refractivity contribution in [1.29, 1.82) is 0 Å². The number of aliphatic hydroxyl groups is 1. The average Bonchev–Trinajstić information content (AvgIpc) is 2.59. The molecule has 0 spiro atoms. The van der Waals surface area contributed by atoms with E-state index in [0.29, 0.717) is 12.8 Å². The molecule has 5 nitrogen and oxygen atoms in total. The molecular weight excluding hydrogens is 333 g/mol. The Kier molecular flexibility index (Phi) is 4.93. The lowest BCUT2D eigenvalue weighted by molar-refractivity contribution is -0.386. The molecule has 7 heteroatoms. The topological polar surface area (TPSA) is 72.6 Å². The van der Waals surface area contributed by atoms with Crippen molar-refractivity contribution in [3.05, 3.63) is 32.5 Å². The molecule has 0 radical (unpaired) electrons. The van der Waals surface area contributed by atoms with Crippen LogP contribution in [0.25, 0.3) is 0 Å². The van der Waals surface area contributed by atoms with E-state index in [1.54, 1.807) is 0 Å². The van der Waals surface area contributed by atoms with Gasteiger partial charge in [0.05, 0.1) is 15.5 Å². The minimum atomic E-state index is -0.677. The molecule has 0 aliphatic heterocycles. The van der Waals surface area contributed by atoms with E-state index in [-0.39, 0.29) is 15.9 Å².